The first-order valence-corrected chi connectivity index (χ1v) is 21.2. The van der Waals surface area contributed by atoms with Crippen LogP contribution >= 0.6 is 100 Å². The molecule has 0 spiro atoms. The van der Waals surface area contributed by atoms with E-state index < -0.39 is 0 Å². The van der Waals surface area contributed by atoms with Crippen molar-refractivity contribution in [2.75, 3.05) is 11.5 Å². The number of rotatable bonds is 0. The van der Waals surface area contributed by atoms with Crippen molar-refractivity contribution >= 4 is 100 Å². The summed E-state index contributed by atoms with van der Waals surface area (Å²) in [4.78, 5) is 0. The van der Waals surface area contributed by atoms with Crippen molar-refractivity contribution in [1.82, 2.24) is 0 Å². The van der Waals surface area contributed by atoms with E-state index >= 15 is 0 Å². The Morgan fingerprint density at radius 2 is 0.522 bits per heavy atom. The zero-order valence-corrected chi connectivity index (χ0v) is 21.4. The van der Waals surface area contributed by atoms with Gasteiger partial charge in [0.15, 0.2) is 0 Å². The second kappa shape index (κ2) is 21.8. The molecule has 1 aliphatic rings. The fourth-order valence-electron chi connectivity index (χ4n) is 2.09. The van der Waals surface area contributed by atoms with Gasteiger partial charge in [0, 0.05) is 11.5 Å². The van der Waals surface area contributed by atoms with Gasteiger partial charge in [-0.25, -0.2) is 0 Å². The fraction of sp³-hybridized carbons (Fsp3) is 1.00. The molecule has 0 amide bonds. The minimum atomic E-state index is 1.31. The van der Waals surface area contributed by atoms with Crippen molar-refractivity contribution in [3.63, 3.8) is 0 Å². The SMILES string of the molecule is C1CCCCCCSSSSSSSSSSCCCCCC1. The van der Waals surface area contributed by atoms with Gasteiger partial charge in [-0.05, 0) is 91.4 Å². The average Bonchev–Trinajstić information content (AvgIpc) is 2.56. The molecule has 0 radical (unpaired) electrons. The minimum Gasteiger partial charge on any atom is -0.0817 e. The van der Waals surface area contributed by atoms with E-state index in [2.05, 4.69) is 0 Å². The van der Waals surface area contributed by atoms with Crippen LogP contribution in [0.25, 0.3) is 0 Å². The van der Waals surface area contributed by atoms with E-state index in [1.54, 1.807) is 0 Å². The Bertz CT molecular complexity index is 127. The van der Waals surface area contributed by atoms with E-state index in [1.165, 1.54) is 82.1 Å². The molecular weight excluding hydrogens is 477 g/mol. The summed E-state index contributed by atoms with van der Waals surface area (Å²) in [5.74, 6) is 2.63. The fourth-order valence-corrected chi connectivity index (χ4v) is 24.8. The van der Waals surface area contributed by atoms with Crippen LogP contribution in [0.1, 0.15) is 70.6 Å². The maximum absolute atomic E-state index is 2.03. The standard InChI is InChI=1S/C13H26S10/c1-2-4-6-8-10-12-14-16-18-20-22-23-21-19-17-15-13-11-9-7-5-3-1/h1-13H2. The normalized spacial score (nSPS) is 24.0. The van der Waals surface area contributed by atoms with E-state index in [1.807, 2.05) is 100 Å². The Morgan fingerprint density at radius 3 is 0.870 bits per heavy atom. The van der Waals surface area contributed by atoms with Crippen LogP contribution in [0.5, 0.6) is 0 Å². The van der Waals surface area contributed by atoms with Crippen molar-refractivity contribution in [3.05, 3.63) is 0 Å². The van der Waals surface area contributed by atoms with E-state index in [4.69, 9.17) is 0 Å². The Balaban J connectivity index is 2.00. The molecule has 1 fully saturated rings. The molecule has 1 rings (SSSR count). The van der Waals surface area contributed by atoms with E-state index in [-0.39, 0.29) is 0 Å². The molecule has 0 nitrogen and oxygen atoms in total. The summed E-state index contributed by atoms with van der Waals surface area (Å²) in [6.07, 6.45) is 15.9. The first kappa shape index (κ1) is 24.5. The summed E-state index contributed by atoms with van der Waals surface area (Å²) in [6.45, 7) is 0. The van der Waals surface area contributed by atoms with Gasteiger partial charge in [0.2, 0.25) is 0 Å². The highest BCUT2D eigenvalue weighted by atomic mass is 34.0. The van der Waals surface area contributed by atoms with Crippen LogP contribution in [-0.4, -0.2) is 11.5 Å². The van der Waals surface area contributed by atoms with Gasteiger partial charge >= 0.3 is 0 Å². The highest BCUT2D eigenvalue weighted by Gasteiger charge is 1.99. The lowest BCUT2D eigenvalue weighted by Gasteiger charge is -2.03. The molecule has 1 saturated heterocycles. The van der Waals surface area contributed by atoms with Crippen molar-refractivity contribution in [2.45, 2.75) is 70.6 Å². The van der Waals surface area contributed by atoms with Gasteiger partial charge in [-0.2, -0.15) is 0 Å². The average molecular weight is 503 g/mol. The van der Waals surface area contributed by atoms with Crippen LogP contribution in [-0.2, 0) is 0 Å². The zero-order valence-electron chi connectivity index (χ0n) is 13.3. The maximum Gasteiger partial charge on any atom is 0.00454 e. The Morgan fingerprint density at radius 1 is 0.261 bits per heavy atom. The molecule has 0 bridgehead atoms. The summed E-state index contributed by atoms with van der Waals surface area (Å²) in [6, 6.07) is 0. The van der Waals surface area contributed by atoms with Crippen LogP contribution < -0.4 is 0 Å². The molecular formula is C13H26S10. The summed E-state index contributed by atoms with van der Waals surface area (Å²) in [7, 11) is 19.4. The highest BCUT2D eigenvalue weighted by molar-refractivity contribution is 9.52. The highest BCUT2D eigenvalue weighted by Crippen LogP contribution is 2.59. The van der Waals surface area contributed by atoms with Gasteiger partial charge in [0.1, 0.15) is 0 Å². The number of hydrogen-bond donors (Lipinski definition) is 0. The molecule has 1 heterocycles. The predicted octanol–water partition coefficient (Wildman–Crippen LogP) is 10.9. The van der Waals surface area contributed by atoms with Crippen LogP contribution in [0.4, 0.5) is 0 Å². The van der Waals surface area contributed by atoms with Gasteiger partial charge in [-0.15, -0.1) is 0 Å². The van der Waals surface area contributed by atoms with Crippen LogP contribution in [0.15, 0.2) is 0 Å². The van der Waals surface area contributed by atoms with E-state index in [0.717, 1.165) is 0 Å². The largest absolute Gasteiger partial charge is 0.0817 e. The van der Waals surface area contributed by atoms with Crippen LogP contribution in [0.2, 0.25) is 0 Å². The predicted molar refractivity (Wildman–Crippen MR) is 136 cm³/mol. The van der Waals surface area contributed by atoms with E-state index in [9.17, 15) is 0 Å². The molecule has 0 aromatic carbocycles. The Kier molecular flexibility index (Phi) is 23.3. The van der Waals surface area contributed by atoms with Crippen molar-refractivity contribution in [3.8, 4) is 0 Å². The quantitative estimate of drug-likeness (QED) is 0.292. The molecule has 0 aliphatic carbocycles. The topological polar surface area (TPSA) is 0 Å². The second-order valence-corrected chi connectivity index (χ2v) is 21.9. The van der Waals surface area contributed by atoms with E-state index in [0.29, 0.717) is 0 Å². The van der Waals surface area contributed by atoms with Gasteiger partial charge in [-0.1, -0.05) is 79.4 Å². The summed E-state index contributed by atoms with van der Waals surface area (Å²) in [5.41, 5.74) is 0. The van der Waals surface area contributed by atoms with Crippen LogP contribution in [0, 0.1) is 0 Å². The lowest BCUT2D eigenvalue weighted by atomic mass is 10.1. The molecule has 0 aromatic heterocycles. The molecule has 1 aliphatic heterocycles. The maximum atomic E-state index is 2.03. The van der Waals surface area contributed by atoms with Gasteiger partial charge < -0.3 is 0 Å². The first-order valence-electron chi connectivity index (χ1n) is 8.08. The molecule has 0 N–H and O–H groups in total. The summed E-state index contributed by atoms with van der Waals surface area (Å²) in [5, 5.41) is 0. The zero-order chi connectivity index (χ0) is 16.3. The third kappa shape index (κ3) is 20.1. The summed E-state index contributed by atoms with van der Waals surface area (Å²) >= 11 is 0. The summed E-state index contributed by atoms with van der Waals surface area (Å²) < 4.78 is 0. The molecule has 23 heavy (non-hydrogen) atoms. The van der Waals surface area contributed by atoms with Crippen molar-refractivity contribution in [2.24, 2.45) is 0 Å². The molecule has 10 heteroatoms. The van der Waals surface area contributed by atoms with Crippen molar-refractivity contribution in [1.29, 1.82) is 0 Å². The second-order valence-electron chi connectivity index (χ2n) is 5.08. The molecule has 0 atom stereocenters. The van der Waals surface area contributed by atoms with Crippen molar-refractivity contribution < 1.29 is 0 Å². The smallest absolute Gasteiger partial charge is 0.00454 e. The lowest BCUT2D eigenvalue weighted by molar-refractivity contribution is 0.555. The van der Waals surface area contributed by atoms with Gasteiger partial charge in [-0.3, -0.25) is 0 Å². The third-order valence-electron chi connectivity index (χ3n) is 3.25. The lowest BCUT2D eigenvalue weighted by Crippen LogP contribution is -1.84. The van der Waals surface area contributed by atoms with Gasteiger partial charge in [0.25, 0.3) is 0 Å². The molecule has 0 saturated carbocycles. The number of hydrogen-bond acceptors (Lipinski definition) is 10. The molecule has 0 aromatic rings. The Labute approximate surface area is 180 Å². The third-order valence-corrected chi connectivity index (χ3v) is 23.2. The molecule has 0 unspecified atom stereocenters. The monoisotopic (exact) mass is 502 g/mol. The first-order chi connectivity index (χ1) is 11.5. The Hall–Kier alpha value is 3.50. The molecule has 138 valence electrons. The van der Waals surface area contributed by atoms with Crippen LogP contribution in [0.3, 0.4) is 0 Å². The minimum absolute atomic E-state index is 1.31. The van der Waals surface area contributed by atoms with Gasteiger partial charge in [0.05, 0.1) is 0 Å².